The van der Waals surface area contributed by atoms with Crippen LogP contribution in [0.2, 0.25) is 0 Å². The fraction of sp³-hybridized carbons (Fsp3) is 0.636. The molecule has 2 fully saturated rings. The van der Waals surface area contributed by atoms with Gasteiger partial charge in [0.2, 0.25) is 0 Å². The van der Waals surface area contributed by atoms with Gasteiger partial charge in [-0.15, -0.1) is 0 Å². The smallest absolute Gasteiger partial charge is 0.434 e. The number of alkyl halides is 9. The van der Waals surface area contributed by atoms with Gasteiger partial charge in [0.25, 0.3) is 6.10 Å². The SMILES string of the molecule is O=C(O)[C@@H]1CCCN(c2cc(CN3CCN(C(=O)OC(C(F)(F)F)C(F)(F)F)CC3)cc(C(F)(F)F)c2)C1. The van der Waals surface area contributed by atoms with Crippen LogP contribution in [-0.4, -0.2) is 84.7 Å². The summed E-state index contributed by atoms with van der Waals surface area (Å²) in [6.07, 6.45) is -21.6. The van der Waals surface area contributed by atoms with E-state index in [4.69, 9.17) is 0 Å². The van der Waals surface area contributed by atoms with Gasteiger partial charge in [0.15, 0.2) is 0 Å². The molecule has 0 spiro atoms. The van der Waals surface area contributed by atoms with Gasteiger partial charge in [-0.05, 0) is 36.6 Å². The van der Waals surface area contributed by atoms with E-state index in [0.29, 0.717) is 24.3 Å². The molecule has 2 saturated heterocycles. The number of halogens is 9. The Balaban J connectivity index is 1.68. The molecule has 16 heteroatoms. The van der Waals surface area contributed by atoms with E-state index in [2.05, 4.69) is 4.74 Å². The molecule has 38 heavy (non-hydrogen) atoms. The molecule has 0 unspecified atom stereocenters. The lowest BCUT2D eigenvalue weighted by Gasteiger charge is -2.36. The van der Waals surface area contributed by atoms with Gasteiger partial charge in [-0.1, -0.05) is 0 Å². The number of aliphatic carboxylic acids is 1. The van der Waals surface area contributed by atoms with E-state index in [-0.39, 0.29) is 50.5 Å². The predicted octanol–water partition coefficient (Wildman–Crippen LogP) is 4.75. The summed E-state index contributed by atoms with van der Waals surface area (Å²) in [7, 11) is 0. The number of carbonyl (C=O) groups is 2. The van der Waals surface area contributed by atoms with E-state index in [1.807, 2.05) is 0 Å². The van der Waals surface area contributed by atoms with E-state index in [1.165, 1.54) is 6.07 Å². The summed E-state index contributed by atoms with van der Waals surface area (Å²) < 4.78 is 120. The van der Waals surface area contributed by atoms with Crippen molar-refractivity contribution in [3.05, 3.63) is 29.3 Å². The minimum absolute atomic E-state index is 0.0354. The number of anilines is 1. The summed E-state index contributed by atoms with van der Waals surface area (Å²) in [5.41, 5.74) is -0.541. The highest BCUT2D eigenvalue weighted by atomic mass is 19.4. The van der Waals surface area contributed by atoms with E-state index in [9.17, 15) is 54.2 Å². The Morgan fingerprint density at radius 2 is 1.53 bits per heavy atom. The average molecular weight is 565 g/mol. The highest BCUT2D eigenvalue weighted by Gasteiger charge is 2.60. The number of hydrogen-bond donors (Lipinski definition) is 1. The summed E-state index contributed by atoms with van der Waals surface area (Å²) in [4.78, 5) is 27.1. The molecule has 3 rings (SSSR count). The summed E-state index contributed by atoms with van der Waals surface area (Å²) in [5, 5.41) is 9.28. The van der Waals surface area contributed by atoms with Crippen LogP contribution in [0.3, 0.4) is 0 Å². The zero-order chi connectivity index (χ0) is 28.5. The second-order valence-electron chi connectivity index (χ2n) is 9.12. The number of carboxylic acids is 1. The second-order valence-corrected chi connectivity index (χ2v) is 9.12. The Hall–Kier alpha value is -2.91. The first-order valence-electron chi connectivity index (χ1n) is 11.5. The van der Waals surface area contributed by atoms with Gasteiger partial charge in [-0.2, -0.15) is 39.5 Å². The van der Waals surface area contributed by atoms with E-state index in [0.717, 1.165) is 12.1 Å². The van der Waals surface area contributed by atoms with Crippen LogP contribution < -0.4 is 4.90 Å². The van der Waals surface area contributed by atoms with Gasteiger partial charge in [0, 0.05) is 51.5 Å². The Kier molecular flexibility index (Phi) is 8.63. The molecule has 0 radical (unpaired) electrons. The van der Waals surface area contributed by atoms with Crippen molar-refractivity contribution >= 4 is 17.7 Å². The topological polar surface area (TPSA) is 73.3 Å². The summed E-state index contributed by atoms with van der Waals surface area (Å²) in [5.74, 6) is -1.78. The Bertz CT molecular complexity index is 991. The molecule has 1 atom stereocenters. The molecule has 2 aliphatic heterocycles. The summed E-state index contributed by atoms with van der Waals surface area (Å²) >= 11 is 0. The van der Waals surface area contributed by atoms with Crippen LogP contribution in [0.1, 0.15) is 24.0 Å². The first-order chi connectivity index (χ1) is 17.4. The van der Waals surface area contributed by atoms with Crippen LogP contribution in [0, 0.1) is 5.92 Å². The summed E-state index contributed by atoms with van der Waals surface area (Å²) in [6, 6.07) is 3.33. The summed E-state index contributed by atoms with van der Waals surface area (Å²) in [6.45, 7) is -0.360. The van der Waals surface area contributed by atoms with E-state index >= 15 is 0 Å². The van der Waals surface area contributed by atoms with Crippen LogP contribution in [0.4, 0.5) is 50.0 Å². The van der Waals surface area contributed by atoms with Crippen molar-refractivity contribution in [2.24, 2.45) is 5.92 Å². The van der Waals surface area contributed by atoms with Crippen molar-refractivity contribution < 1.29 is 58.9 Å². The van der Waals surface area contributed by atoms with E-state index < -0.39 is 48.2 Å². The van der Waals surface area contributed by atoms with Crippen LogP contribution in [0.25, 0.3) is 0 Å². The highest BCUT2D eigenvalue weighted by Crippen LogP contribution is 2.37. The van der Waals surface area contributed by atoms with Crippen molar-refractivity contribution in [1.29, 1.82) is 0 Å². The number of carboxylic acid groups (broad SMARTS) is 1. The lowest BCUT2D eigenvalue weighted by molar-refractivity contribution is -0.308. The van der Waals surface area contributed by atoms with Crippen molar-refractivity contribution in [1.82, 2.24) is 9.80 Å². The maximum atomic E-state index is 13.6. The predicted molar refractivity (Wildman–Crippen MR) is 113 cm³/mol. The number of ether oxygens (including phenoxy) is 1. The number of hydrogen-bond acceptors (Lipinski definition) is 5. The van der Waals surface area contributed by atoms with E-state index in [1.54, 1.807) is 9.80 Å². The fourth-order valence-corrected chi connectivity index (χ4v) is 4.37. The van der Waals surface area contributed by atoms with Gasteiger partial charge in [0.1, 0.15) is 0 Å². The fourth-order valence-electron chi connectivity index (χ4n) is 4.37. The Labute approximate surface area is 210 Å². The minimum atomic E-state index is -5.85. The molecule has 7 nitrogen and oxygen atoms in total. The number of rotatable bonds is 5. The molecule has 1 amide bonds. The number of piperidine rings is 1. The number of nitrogens with zero attached hydrogens (tertiary/aromatic N) is 3. The Morgan fingerprint density at radius 1 is 0.921 bits per heavy atom. The lowest BCUT2D eigenvalue weighted by atomic mass is 9.97. The molecule has 1 aromatic rings. The molecule has 214 valence electrons. The van der Waals surface area contributed by atoms with Crippen LogP contribution in [-0.2, 0) is 22.3 Å². The number of benzene rings is 1. The maximum absolute atomic E-state index is 13.6. The van der Waals surface area contributed by atoms with Gasteiger partial charge >= 0.3 is 30.6 Å². The van der Waals surface area contributed by atoms with Gasteiger partial charge in [-0.3, -0.25) is 9.69 Å². The largest absolute Gasteiger partial charge is 0.481 e. The van der Waals surface area contributed by atoms with Crippen molar-refractivity contribution in [3.8, 4) is 0 Å². The standard InChI is InChI=1S/C22H24F9N3O4/c23-20(24,25)15-8-13(9-16(10-15)34-3-1-2-14(12-34)17(35)36)11-32-4-6-33(7-5-32)19(37)38-18(21(26,27)28)22(29,30)31/h8-10,14,18H,1-7,11-12H2,(H,35,36)/t14-/m1/s1. The molecule has 1 N–H and O–H groups in total. The monoisotopic (exact) mass is 565 g/mol. The molecule has 1 aromatic carbocycles. The first kappa shape index (κ1) is 29.6. The third kappa shape index (κ3) is 7.57. The van der Waals surface area contributed by atoms with Crippen molar-refractivity contribution in [2.75, 3.05) is 44.2 Å². The molecule has 0 aliphatic carbocycles. The van der Waals surface area contributed by atoms with Crippen molar-refractivity contribution in [3.63, 3.8) is 0 Å². The van der Waals surface area contributed by atoms with Gasteiger partial charge in [0.05, 0.1) is 11.5 Å². The highest BCUT2D eigenvalue weighted by molar-refractivity contribution is 5.71. The van der Waals surface area contributed by atoms with Crippen LogP contribution in [0.15, 0.2) is 18.2 Å². The molecule has 0 saturated carbocycles. The Morgan fingerprint density at radius 3 is 2.05 bits per heavy atom. The number of piperazine rings is 1. The molecular weight excluding hydrogens is 541 g/mol. The number of amides is 1. The van der Waals surface area contributed by atoms with Gasteiger partial charge in [-0.25, -0.2) is 4.79 Å². The zero-order valence-corrected chi connectivity index (χ0v) is 19.7. The normalized spacial score (nSPS) is 20.1. The second kappa shape index (κ2) is 11.1. The van der Waals surface area contributed by atoms with Gasteiger partial charge < -0.3 is 19.6 Å². The number of carbonyl (C=O) groups excluding carboxylic acids is 1. The lowest BCUT2D eigenvalue weighted by Crippen LogP contribution is -2.52. The van der Waals surface area contributed by atoms with Crippen LogP contribution >= 0.6 is 0 Å². The quantitative estimate of drug-likeness (QED) is 0.520. The van der Waals surface area contributed by atoms with Crippen LogP contribution in [0.5, 0.6) is 0 Å². The average Bonchev–Trinajstić information content (AvgIpc) is 2.80. The third-order valence-corrected chi connectivity index (χ3v) is 6.29. The third-order valence-electron chi connectivity index (χ3n) is 6.29. The molecule has 2 heterocycles. The van der Waals surface area contributed by atoms with Crippen molar-refractivity contribution in [2.45, 2.75) is 44.0 Å². The minimum Gasteiger partial charge on any atom is -0.481 e. The molecular formula is C22H24F9N3O4. The first-order valence-corrected chi connectivity index (χ1v) is 11.5. The molecule has 0 bridgehead atoms. The molecule has 0 aromatic heterocycles. The maximum Gasteiger partial charge on any atom is 0.434 e. The zero-order valence-electron chi connectivity index (χ0n) is 19.7. The molecule has 2 aliphatic rings.